The number of nitrogens with one attached hydrogen (secondary N) is 1. The summed E-state index contributed by atoms with van der Waals surface area (Å²) in [5.41, 5.74) is 8.51. The fraction of sp³-hybridized carbons (Fsp3) is 0.562. The van der Waals surface area contributed by atoms with Crippen LogP contribution in [0, 0.1) is 5.41 Å². The summed E-state index contributed by atoms with van der Waals surface area (Å²) in [6, 6.07) is 5.39. The van der Waals surface area contributed by atoms with E-state index in [0.717, 1.165) is 25.3 Å². The zero-order valence-corrected chi connectivity index (χ0v) is 13.1. The van der Waals surface area contributed by atoms with E-state index in [1.165, 1.54) is 12.8 Å². The number of carbonyl (C=O) groups is 1. The van der Waals surface area contributed by atoms with E-state index in [2.05, 4.69) is 5.32 Å². The van der Waals surface area contributed by atoms with E-state index < -0.39 is 0 Å². The predicted octanol–water partition coefficient (Wildman–Crippen LogP) is 2.20. The van der Waals surface area contributed by atoms with E-state index in [-0.39, 0.29) is 5.91 Å². The monoisotopic (exact) mass is 291 g/mol. The number of methoxy groups -OCH3 is 1. The maximum atomic E-state index is 12.0. The number of nitrogens with two attached hydrogens (primary N) is 1. The van der Waals surface area contributed by atoms with Crippen LogP contribution in [-0.2, 0) is 4.74 Å². The summed E-state index contributed by atoms with van der Waals surface area (Å²) in [5.74, 6) is -0.0152. The fourth-order valence-electron chi connectivity index (χ4n) is 2.39. The summed E-state index contributed by atoms with van der Waals surface area (Å²) in [6.45, 7) is 1.66. The second kappa shape index (κ2) is 6.35. The Morgan fingerprint density at radius 3 is 2.71 bits per heavy atom. The van der Waals surface area contributed by atoms with Crippen LogP contribution in [0.5, 0.6) is 0 Å². The number of benzene rings is 1. The lowest BCUT2D eigenvalue weighted by Crippen LogP contribution is -2.22. The van der Waals surface area contributed by atoms with Crippen molar-refractivity contribution in [1.29, 1.82) is 0 Å². The third kappa shape index (κ3) is 3.88. The number of carbonyl (C=O) groups excluding carboxylic acids is 1. The van der Waals surface area contributed by atoms with Crippen LogP contribution in [-0.4, -0.2) is 45.2 Å². The lowest BCUT2D eigenvalue weighted by Gasteiger charge is -2.18. The number of ether oxygens (including phenoxy) is 1. The summed E-state index contributed by atoms with van der Waals surface area (Å²) >= 11 is 0. The van der Waals surface area contributed by atoms with Gasteiger partial charge in [-0.05, 0) is 42.9 Å². The highest BCUT2D eigenvalue weighted by molar-refractivity contribution is 5.95. The molecule has 1 saturated carbocycles. The van der Waals surface area contributed by atoms with Crippen molar-refractivity contribution in [3.63, 3.8) is 0 Å². The highest BCUT2D eigenvalue weighted by Gasteiger charge is 2.41. The number of hydrogen-bond acceptors (Lipinski definition) is 4. The van der Waals surface area contributed by atoms with Gasteiger partial charge < -0.3 is 20.7 Å². The van der Waals surface area contributed by atoms with Gasteiger partial charge in [0.15, 0.2) is 0 Å². The average Bonchev–Trinajstić information content (AvgIpc) is 3.24. The van der Waals surface area contributed by atoms with E-state index in [4.69, 9.17) is 10.5 Å². The molecule has 0 aliphatic heterocycles. The smallest absolute Gasteiger partial charge is 0.253 e. The molecule has 0 spiro atoms. The molecule has 0 unspecified atom stereocenters. The molecule has 3 N–H and O–H groups in total. The molecule has 1 aliphatic carbocycles. The van der Waals surface area contributed by atoms with Gasteiger partial charge in [0.2, 0.25) is 0 Å². The van der Waals surface area contributed by atoms with Gasteiger partial charge in [0.1, 0.15) is 0 Å². The highest BCUT2D eigenvalue weighted by atomic mass is 16.5. The maximum absolute atomic E-state index is 12.0. The molecular formula is C16H25N3O2. The molecule has 116 valence electrons. The molecule has 21 heavy (non-hydrogen) atoms. The van der Waals surface area contributed by atoms with E-state index >= 15 is 0 Å². The van der Waals surface area contributed by atoms with Crippen molar-refractivity contribution in [2.75, 3.05) is 45.4 Å². The quantitative estimate of drug-likeness (QED) is 0.756. The Hall–Kier alpha value is -1.75. The van der Waals surface area contributed by atoms with Gasteiger partial charge >= 0.3 is 0 Å². The molecule has 1 aromatic carbocycles. The number of rotatable bonds is 7. The molecule has 2 rings (SSSR count). The van der Waals surface area contributed by atoms with Crippen molar-refractivity contribution in [2.24, 2.45) is 5.41 Å². The third-order valence-electron chi connectivity index (χ3n) is 4.15. The standard InChI is InChI=1S/C16H25N3O2/c1-19(2)15(20)12-4-5-13(17)14(10-12)18-11-16(6-7-16)8-9-21-3/h4-5,10,18H,6-9,11,17H2,1-3H3. The van der Waals surface area contributed by atoms with Crippen molar-refractivity contribution in [2.45, 2.75) is 19.3 Å². The molecule has 1 amide bonds. The van der Waals surface area contributed by atoms with Crippen LogP contribution in [0.25, 0.3) is 0 Å². The minimum Gasteiger partial charge on any atom is -0.397 e. The zero-order valence-electron chi connectivity index (χ0n) is 13.1. The molecule has 0 bridgehead atoms. The molecule has 1 fully saturated rings. The van der Waals surface area contributed by atoms with Gasteiger partial charge in [0.25, 0.3) is 5.91 Å². The normalized spacial score (nSPS) is 15.6. The first-order valence-electron chi connectivity index (χ1n) is 7.31. The van der Waals surface area contributed by atoms with Gasteiger partial charge in [-0.3, -0.25) is 4.79 Å². The Balaban J connectivity index is 2.03. The van der Waals surface area contributed by atoms with Crippen molar-refractivity contribution in [3.8, 4) is 0 Å². The van der Waals surface area contributed by atoms with Gasteiger partial charge in [-0.2, -0.15) is 0 Å². The summed E-state index contributed by atoms with van der Waals surface area (Å²) in [5, 5.41) is 3.41. The average molecular weight is 291 g/mol. The first-order valence-corrected chi connectivity index (χ1v) is 7.31. The van der Waals surface area contributed by atoms with Gasteiger partial charge in [0.05, 0.1) is 11.4 Å². The number of hydrogen-bond donors (Lipinski definition) is 2. The minimum absolute atomic E-state index is 0.0152. The largest absolute Gasteiger partial charge is 0.397 e. The zero-order chi connectivity index (χ0) is 15.5. The first-order chi connectivity index (χ1) is 9.97. The van der Waals surface area contributed by atoms with Crippen molar-refractivity contribution in [3.05, 3.63) is 23.8 Å². The second-order valence-electron chi connectivity index (χ2n) is 6.10. The van der Waals surface area contributed by atoms with E-state index in [0.29, 0.717) is 16.7 Å². The molecule has 1 aliphatic rings. The Bertz CT molecular complexity index is 510. The summed E-state index contributed by atoms with van der Waals surface area (Å²) in [4.78, 5) is 13.6. The van der Waals surface area contributed by atoms with Crippen molar-refractivity contribution in [1.82, 2.24) is 4.90 Å². The Morgan fingerprint density at radius 1 is 1.43 bits per heavy atom. The topological polar surface area (TPSA) is 67.6 Å². The van der Waals surface area contributed by atoms with Crippen LogP contribution >= 0.6 is 0 Å². The van der Waals surface area contributed by atoms with Crippen LogP contribution in [0.2, 0.25) is 0 Å². The van der Waals surface area contributed by atoms with Crippen molar-refractivity contribution >= 4 is 17.3 Å². The van der Waals surface area contributed by atoms with Crippen LogP contribution in [0.1, 0.15) is 29.6 Å². The number of nitrogens with zero attached hydrogens (tertiary/aromatic N) is 1. The summed E-state index contributed by atoms with van der Waals surface area (Å²) in [6.07, 6.45) is 3.51. The summed E-state index contributed by atoms with van der Waals surface area (Å²) in [7, 11) is 5.23. The third-order valence-corrected chi connectivity index (χ3v) is 4.15. The molecule has 1 aromatic rings. The fourth-order valence-corrected chi connectivity index (χ4v) is 2.39. The van der Waals surface area contributed by atoms with Gasteiger partial charge in [0, 0.05) is 39.9 Å². The molecule has 0 saturated heterocycles. The Kier molecular flexibility index (Phi) is 4.73. The number of amides is 1. The molecule has 0 aromatic heterocycles. The SMILES string of the molecule is COCCC1(CNc2cc(C(=O)N(C)C)ccc2N)CC1. The lowest BCUT2D eigenvalue weighted by atomic mass is 10.0. The molecular weight excluding hydrogens is 266 g/mol. The predicted molar refractivity (Wildman–Crippen MR) is 85.5 cm³/mol. The van der Waals surface area contributed by atoms with Crippen LogP contribution in [0.4, 0.5) is 11.4 Å². The van der Waals surface area contributed by atoms with E-state index in [1.807, 2.05) is 6.07 Å². The lowest BCUT2D eigenvalue weighted by molar-refractivity contribution is 0.0827. The maximum Gasteiger partial charge on any atom is 0.253 e. The summed E-state index contributed by atoms with van der Waals surface area (Å²) < 4.78 is 5.17. The second-order valence-corrected chi connectivity index (χ2v) is 6.10. The van der Waals surface area contributed by atoms with Crippen molar-refractivity contribution < 1.29 is 9.53 Å². The van der Waals surface area contributed by atoms with Gasteiger partial charge in [-0.1, -0.05) is 0 Å². The van der Waals surface area contributed by atoms with Crippen LogP contribution in [0.15, 0.2) is 18.2 Å². The highest BCUT2D eigenvalue weighted by Crippen LogP contribution is 2.48. The van der Waals surface area contributed by atoms with E-state index in [9.17, 15) is 4.79 Å². The van der Waals surface area contributed by atoms with Crippen LogP contribution < -0.4 is 11.1 Å². The molecule has 5 heteroatoms. The number of anilines is 2. The Morgan fingerprint density at radius 2 is 2.14 bits per heavy atom. The van der Waals surface area contributed by atoms with Gasteiger partial charge in [-0.15, -0.1) is 0 Å². The van der Waals surface area contributed by atoms with Crippen LogP contribution in [0.3, 0.4) is 0 Å². The first kappa shape index (κ1) is 15.6. The van der Waals surface area contributed by atoms with E-state index in [1.54, 1.807) is 38.2 Å². The minimum atomic E-state index is -0.0152. The molecule has 5 nitrogen and oxygen atoms in total. The molecule has 0 radical (unpaired) electrons. The molecule has 0 heterocycles. The Labute approximate surface area is 126 Å². The van der Waals surface area contributed by atoms with Gasteiger partial charge in [-0.25, -0.2) is 0 Å². The number of nitrogen functional groups attached to an aromatic ring is 1. The molecule has 0 atom stereocenters.